The Hall–Kier alpha value is -2.36. The van der Waals surface area contributed by atoms with Crippen LogP contribution in [0, 0.1) is 6.92 Å². The number of hydrogen-bond acceptors (Lipinski definition) is 3. The monoisotopic (exact) mass is 336 g/mol. The minimum atomic E-state index is 0.794. The van der Waals surface area contributed by atoms with E-state index in [0.29, 0.717) is 0 Å². The molecule has 0 unspecified atom stereocenters. The van der Waals surface area contributed by atoms with Gasteiger partial charge < -0.3 is 9.88 Å². The van der Waals surface area contributed by atoms with Gasteiger partial charge in [-0.1, -0.05) is 57.0 Å². The summed E-state index contributed by atoms with van der Waals surface area (Å²) >= 11 is 0. The van der Waals surface area contributed by atoms with Gasteiger partial charge in [0.25, 0.3) is 0 Å². The zero-order chi connectivity index (χ0) is 17.6. The molecule has 1 N–H and O–H groups in total. The van der Waals surface area contributed by atoms with Crippen molar-refractivity contribution in [2.75, 3.05) is 18.0 Å². The van der Waals surface area contributed by atoms with E-state index in [1.54, 1.807) is 0 Å². The third kappa shape index (κ3) is 4.01. The number of hydrogen-bond donors (Lipinski definition) is 1. The zero-order valence-corrected chi connectivity index (χ0v) is 15.5. The number of aromatic nitrogens is 3. The molecule has 0 radical (unpaired) electrons. The second kappa shape index (κ2) is 8.15. The van der Waals surface area contributed by atoms with Crippen molar-refractivity contribution < 1.29 is 0 Å². The second-order valence-corrected chi connectivity index (χ2v) is 6.65. The van der Waals surface area contributed by atoms with E-state index in [2.05, 4.69) is 48.9 Å². The molecule has 132 valence electrons. The molecule has 0 atom stereocenters. The standard InChI is InChI=1S/C21H28N4/c1-4-6-13-25(14-7-5-2)21-18-15-16(3)22-20(18)23-19(24-21)17-11-9-8-10-12-17/h8-12,15H,4-7,13-14H2,1-3H3,(H,22,23,24). The van der Waals surface area contributed by atoms with Crippen molar-refractivity contribution in [1.82, 2.24) is 15.0 Å². The average Bonchev–Trinajstić information content (AvgIpc) is 3.02. The summed E-state index contributed by atoms with van der Waals surface area (Å²) in [5, 5.41) is 1.13. The van der Waals surface area contributed by atoms with Crippen molar-refractivity contribution in [2.45, 2.75) is 46.5 Å². The Morgan fingerprint density at radius 3 is 2.28 bits per heavy atom. The molecule has 3 aromatic rings. The summed E-state index contributed by atoms with van der Waals surface area (Å²) in [7, 11) is 0. The van der Waals surface area contributed by atoms with Gasteiger partial charge in [-0.25, -0.2) is 9.97 Å². The molecule has 0 fully saturated rings. The molecule has 0 aliphatic heterocycles. The van der Waals surface area contributed by atoms with E-state index < -0.39 is 0 Å². The number of nitrogens with zero attached hydrogens (tertiary/aromatic N) is 3. The molecule has 0 amide bonds. The normalized spacial score (nSPS) is 11.2. The molecule has 3 rings (SSSR count). The number of fused-ring (bicyclic) bond motifs is 1. The van der Waals surface area contributed by atoms with Crippen LogP contribution in [0.2, 0.25) is 0 Å². The van der Waals surface area contributed by atoms with Crippen LogP contribution < -0.4 is 4.90 Å². The van der Waals surface area contributed by atoms with E-state index in [1.807, 2.05) is 18.2 Å². The van der Waals surface area contributed by atoms with Crippen molar-refractivity contribution in [3.63, 3.8) is 0 Å². The highest BCUT2D eigenvalue weighted by Crippen LogP contribution is 2.28. The molecule has 0 aliphatic carbocycles. The van der Waals surface area contributed by atoms with E-state index in [1.165, 1.54) is 25.7 Å². The van der Waals surface area contributed by atoms with Gasteiger partial charge in [-0.3, -0.25) is 0 Å². The predicted molar refractivity (Wildman–Crippen MR) is 106 cm³/mol. The summed E-state index contributed by atoms with van der Waals surface area (Å²) in [6.45, 7) is 8.64. The van der Waals surface area contributed by atoms with Crippen molar-refractivity contribution >= 4 is 16.9 Å². The molecule has 0 saturated carbocycles. The van der Waals surface area contributed by atoms with Gasteiger partial charge in [-0.15, -0.1) is 0 Å². The lowest BCUT2D eigenvalue weighted by Crippen LogP contribution is -2.27. The first-order valence-corrected chi connectivity index (χ1v) is 9.40. The lowest BCUT2D eigenvalue weighted by Gasteiger charge is -2.24. The highest BCUT2D eigenvalue weighted by molar-refractivity contribution is 5.90. The van der Waals surface area contributed by atoms with E-state index >= 15 is 0 Å². The Kier molecular flexibility index (Phi) is 5.69. The quantitative estimate of drug-likeness (QED) is 0.604. The summed E-state index contributed by atoms with van der Waals surface area (Å²) in [6.07, 6.45) is 4.74. The predicted octanol–water partition coefficient (Wildman–Crippen LogP) is 5.34. The summed E-state index contributed by atoms with van der Waals surface area (Å²) in [6, 6.07) is 12.4. The molecule has 25 heavy (non-hydrogen) atoms. The average molecular weight is 336 g/mol. The first kappa shape index (κ1) is 17.5. The second-order valence-electron chi connectivity index (χ2n) is 6.65. The van der Waals surface area contributed by atoms with E-state index in [-0.39, 0.29) is 0 Å². The number of aromatic amines is 1. The molecule has 4 nitrogen and oxygen atoms in total. The van der Waals surface area contributed by atoms with Gasteiger partial charge in [0, 0.05) is 24.3 Å². The number of nitrogens with one attached hydrogen (secondary N) is 1. The summed E-state index contributed by atoms with van der Waals surface area (Å²) in [5.74, 6) is 1.86. The highest BCUT2D eigenvalue weighted by Gasteiger charge is 2.16. The van der Waals surface area contributed by atoms with Gasteiger partial charge >= 0.3 is 0 Å². The SMILES string of the molecule is CCCCN(CCCC)c1nc(-c2ccccc2)nc2[nH]c(C)cc12. The van der Waals surface area contributed by atoms with Gasteiger partial charge in [-0.05, 0) is 25.8 Å². The highest BCUT2D eigenvalue weighted by atomic mass is 15.2. The largest absolute Gasteiger partial charge is 0.356 e. The van der Waals surface area contributed by atoms with E-state index in [9.17, 15) is 0 Å². The lowest BCUT2D eigenvalue weighted by atomic mass is 10.2. The van der Waals surface area contributed by atoms with Gasteiger partial charge in [0.15, 0.2) is 5.82 Å². The molecule has 2 aromatic heterocycles. The summed E-state index contributed by atoms with van der Waals surface area (Å²) in [4.78, 5) is 15.6. The summed E-state index contributed by atoms with van der Waals surface area (Å²) in [5.41, 5.74) is 3.12. The molecular weight excluding hydrogens is 308 g/mol. The molecular formula is C21H28N4. The number of aryl methyl sites for hydroxylation is 1. The Labute approximate surface area is 150 Å². The molecule has 1 aromatic carbocycles. The Morgan fingerprint density at radius 2 is 1.64 bits per heavy atom. The first-order valence-electron chi connectivity index (χ1n) is 9.40. The topological polar surface area (TPSA) is 44.8 Å². The minimum Gasteiger partial charge on any atom is -0.356 e. The molecule has 0 spiro atoms. The van der Waals surface area contributed by atoms with E-state index in [4.69, 9.17) is 9.97 Å². The summed E-state index contributed by atoms with van der Waals surface area (Å²) < 4.78 is 0. The van der Waals surface area contributed by atoms with Gasteiger partial charge in [0.2, 0.25) is 0 Å². The number of benzene rings is 1. The van der Waals surface area contributed by atoms with Crippen LogP contribution in [0.5, 0.6) is 0 Å². The fourth-order valence-corrected chi connectivity index (χ4v) is 3.10. The van der Waals surface area contributed by atoms with Crippen LogP contribution >= 0.6 is 0 Å². The smallest absolute Gasteiger partial charge is 0.163 e. The molecule has 0 aliphatic rings. The van der Waals surface area contributed by atoms with Crippen LogP contribution in [0.4, 0.5) is 5.82 Å². The maximum absolute atomic E-state index is 4.99. The van der Waals surface area contributed by atoms with Crippen LogP contribution in [0.1, 0.15) is 45.2 Å². The lowest BCUT2D eigenvalue weighted by molar-refractivity contribution is 0.673. The van der Waals surface area contributed by atoms with Crippen molar-refractivity contribution in [3.05, 3.63) is 42.1 Å². The van der Waals surface area contributed by atoms with Crippen molar-refractivity contribution in [2.24, 2.45) is 0 Å². The van der Waals surface area contributed by atoms with Gasteiger partial charge in [-0.2, -0.15) is 0 Å². The number of rotatable bonds is 8. The van der Waals surface area contributed by atoms with Crippen molar-refractivity contribution in [3.8, 4) is 11.4 Å². The van der Waals surface area contributed by atoms with Crippen LogP contribution in [-0.2, 0) is 0 Å². The number of anilines is 1. The third-order valence-electron chi connectivity index (χ3n) is 4.50. The first-order chi connectivity index (χ1) is 12.2. The van der Waals surface area contributed by atoms with Crippen LogP contribution in [0.25, 0.3) is 22.4 Å². The number of H-pyrrole nitrogens is 1. The van der Waals surface area contributed by atoms with Crippen LogP contribution in [0.15, 0.2) is 36.4 Å². The number of unbranched alkanes of at least 4 members (excludes halogenated alkanes) is 2. The fourth-order valence-electron chi connectivity index (χ4n) is 3.10. The fraction of sp³-hybridized carbons (Fsp3) is 0.429. The van der Waals surface area contributed by atoms with Gasteiger partial charge in [0.1, 0.15) is 11.5 Å². The van der Waals surface area contributed by atoms with Crippen LogP contribution in [-0.4, -0.2) is 28.0 Å². The van der Waals surface area contributed by atoms with Crippen molar-refractivity contribution in [1.29, 1.82) is 0 Å². The Balaban J connectivity index is 2.09. The molecule has 0 saturated heterocycles. The van der Waals surface area contributed by atoms with Gasteiger partial charge in [0.05, 0.1) is 5.39 Å². The molecule has 0 bridgehead atoms. The minimum absolute atomic E-state index is 0.794. The Bertz CT molecular complexity index is 799. The van der Waals surface area contributed by atoms with Crippen LogP contribution in [0.3, 0.4) is 0 Å². The maximum atomic E-state index is 4.99. The molecule has 2 heterocycles. The van der Waals surface area contributed by atoms with E-state index in [0.717, 1.165) is 47.0 Å². The Morgan fingerprint density at radius 1 is 0.960 bits per heavy atom. The third-order valence-corrected chi connectivity index (χ3v) is 4.50. The maximum Gasteiger partial charge on any atom is 0.163 e. The zero-order valence-electron chi connectivity index (χ0n) is 15.5. The molecule has 4 heteroatoms.